The number of fused-ring (bicyclic) bond motifs is 1. The Hall–Kier alpha value is -2.89. The second-order valence-corrected chi connectivity index (χ2v) is 8.10. The molecular formula is C25H33N3O3. The van der Waals surface area contributed by atoms with E-state index in [0.29, 0.717) is 25.8 Å². The van der Waals surface area contributed by atoms with Crippen molar-refractivity contribution < 1.29 is 14.3 Å². The fraction of sp³-hybridized carbons (Fsp3) is 0.480. The molecule has 6 heteroatoms. The summed E-state index contributed by atoms with van der Waals surface area (Å²) in [4.78, 5) is 29.0. The van der Waals surface area contributed by atoms with Gasteiger partial charge in [0.2, 0.25) is 5.91 Å². The molecule has 31 heavy (non-hydrogen) atoms. The van der Waals surface area contributed by atoms with Crippen LogP contribution in [-0.4, -0.2) is 37.1 Å². The third kappa shape index (κ3) is 7.39. The standard InChI is InChI=1S/C25H33N3O3/c1-31-25(30)21(18-19-8-3-2-4-9-19)15-17-26-23(29)12-6-5-11-22-14-13-20-10-7-16-27-24(20)28-22/h2-4,8-9,13-14,21H,5-7,10-12,15-18H2,1H3,(H,26,29)(H,27,28). The normalized spacial score (nSPS) is 13.6. The number of esters is 1. The van der Waals surface area contributed by atoms with E-state index < -0.39 is 0 Å². The summed E-state index contributed by atoms with van der Waals surface area (Å²) in [5, 5.41) is 6.31. The van der Waals surface area contributed by atoms with Crippen LogP contribution in [0.4, 0.5) is 5.82 Å². The maximum absolute atomic E-state index is 12.2. The van der Waals surface area contributed by atoms with E-state index >= 15 is 0 Å². The van der Waals surface area contributed by atoms with Crippen LogP contribution in [0.15, 0.2) is 42.5 Å². The van der Waals surface area contributed by atoms with Crippen LogP contribution in [0.25, 0.3) is 0 Å². The molecule has 0 saturated carbocycles. The number of carbonyl (C=O) groups is 2. The number of rotatable bonds is 11. The summed E-state index contributed by atoms with van der Waals surface area (Å²) >= 11 is 0. The molecule has 1 atom stereocenters. The van der Waals surface area contributed by atoms with Gasteiger partial charge in [-0.15, -0.1) is 0 Å². The zero-order valence-electron chi connectivity index (χ0n) is 18.4. The van der Waals surface area contributed by atoms with Crippen molar-refractivity contribution in [2.45, 2.75) is 51.4 Å². The molecule has 0 radical (unpaired) electrons. The number of nitrogens with zero attached hydrogens (tertiary/aromatic N) is 1. The number of anilines is 1. The summed E-state index contributed by atoms with van der Waals surface area (Å²) < 4.78 is 4.94. The van der Waals surface area contributed by atoms with Crippen LogP contribution >= 0.6 is 0 Å². The lowest BCUT2D eigenvalue weighted by Crippen LogP contribution is -2.29. The summed E-state index contributed by atoms with van der Waals surface area (Å²) in [5.74, 6) is 0.571. The molecule has 2 aromatic rings. The molecule has 0 fully saturated rings. The zero-order valence-corrected chi connectivity index (χ0v) is 18.4. The highest BCUT2D eigenvalue weighted by Crippen LogP contribution is 2.20. The molecule has 2 N–H and O–H groups in total. The zero-order chi connectivity index (χ0) is 21.9. The Labute approximate surface area is 184 Å². The fourth-order valence-corrected chi connectivity index (χ4v) is 3.94. The summed E-state index contributed by atoms with van der Waals surface area (Å²) in [6, 6.07) is 14.2. The predicted molar refractivity (Wildman–Crippen MR) is 122 cm³/mol. The summed E-state index contributed by atoms with van der Waals surface area (Å²) in [5.41, 5.74) is 3.47. The maximum Gasteiger partial charge on any atom is 0.309 e. The number of aromatic nitrogens is 1. The van der Waals surface area contributed by atoms with Gasteiger partial charge in [-0.25, -0.2) is 4.98 Å². The van der Waals surface area contributed by atoms with Gasteiger partial charge in [-0.3, -0.25) is 9.59 Å². The summed E-state index contributed by atoms with van der Waals surface area (Å²) in [6.45, 7) is 1.47. The van der Waals surface area contributed by atoms with Crippen molar-refractivity contribution in [1.82, 2.24) is 10.3 Å². The van der Waals surface area contributed by atoms with E-state index in [0.717, 1.165) is 55.7 Å². The predicted octanol–water partition coefficient (Wildman–Crippen LogP) is 3.69. The van der Waals surface area contributed by atoms with Crippen LogP contribution in [0.5, 0.6) is 0 Å². The topological polar surface area (TPSA) is 80.3 Å². The molecule has 0 aliphatic carbocycles. The van der Waals surface area contributed by atoms with Crippen LogP contribution in [0.2, 0.25) is 0 Å². The van der Waals surface area contributed by atoms with Crippen molar-refractivity contribution in [2.24, 2.45) is 5.92 Å². The van der Waals surface area contributed by atoms with Gasteiger partial charge in [-0.2, -0.15) is 0 Å². The third-order valence-electron chi connectivity index (χ3n) is 5.71. The van der Waals surface area contributed by atoms with Crippen LogP contribution in [0, 0.1) is 5.92 Å². The van der Waals surface area contributed by atoms with E-state index in [-0.39, 0.29) is 17.8 Å². The van der Waals surface area contributed by atoms with Crippen LogP contribution in [-0.2, 0) is 33.6 Å². The first kappa shape index (κ1) is 22.8. The number of aryl methyl sites for hydroxylation is 2. The van der Waals surface area contributed by atoms with Crippen LogP contribution in [0.1, 0.15) is 48.9 Å². The van der Waals surface area contributed by atoms with E-state index in [4.69, 9.17) is 9.72 Å². The lowest BCUT2D eigenvalue weighted by molar-refractivity contribution is -0.145. The van der Waals surface area contributed by atoms with Crippen LogP contribution < -0.4 is 10.6 Å². The quantitative estimate of drug-likeness (QED) is 0.426. The number of methoxy groups -OCH3 is 1. The Morgan fingerprint density at radius 1 is 1.16 bits per heavy atom. The van der Waals surface area contributed by atoms with Gasteiger partial charge in [0.1, 0.15) is 5.82 Å². The summed E-state index contributed by atoms with van der Waals surface area (Å²) in [7, 11) is 1.41. The second-order valence-electron chi connectivity index (χ2n) is 8.10. The largest absolute Gasteiger partial charge is 0.469 e. The van der Waals surface area contributed by atoms with E-state index in [1.807, 2.05) is 30.3 Å². The molecule has 0 spiro atoms. The van der Waals surface area contributed by atoms with Gasteiger partial charge in [0, 0.05) is 25.2 Å². The van der Waals surface area contributed by atoms with Crippen molar-refractivity contribution in [2.75, 3.05) is 25.5 Å². The number of unbranched alkanes of at least 4 members (excludes halogenated alkanes) is 1. The molecule has 1 unspecified atom stereocenters. The first-order valence-electron chi connectivity index (χ1n) is 11.3. The molecule has 1 aliphatic rings. The molecule has 166 valence electrons. The van der Waals surface area contributed by atoms with Gasteiger partial charge in [0.05, 0.1) is 13.0 Å². The number of benzene rings is 1. The highest BCUT2D eigenvalue weighted by Gasteiger charge is 2.19. The van der Waals surface area contributed by atoms with Crippen molar-refractivity contribution >= 4 is 17.7 Å². The van der Waals surface area contributed by atoms with Crippen molar-refractivity contribution in [3.05, 3.63) is 59.3 Å². The first-order chi connectivity index (χ1) is 15.2. The minimum atomic E-state index is -0.253. The number of nitrogens with one attached hydrogen (secondary N) is 2. The minimum absolute atomic E-state index is 0.0309. The molecule has 0 bridgehead atoms. The third-order valence-corrected chi connectivity index (χ3v) is 5.71. The number of hydrogen-bond acceptors (Lipinski definition) is 5. The minimum Gasteiger partial charge on any atom is -0.469 e. The van der Waals surface area contributed by atoms with E-state index in [1.165, 1.54) is 12.7 Å². The number of ether oxygens (including phenoxy) is 1. The molecule has 1 aromatic heterocycles. The van der Waals surface area contributed by atoms with Gasteiger partial charge in [0.25, 0.3) is 0 Å². The smallest absolute Gasteiger partial charge is 0.309 e. The Balaban J connectivity index is 1.34. The molecular weight excluding hydrogens is 390 g/mol. The summed E-state index contributed by atoms with van der Waals surface area (Å²) in [6.07, 6.45) is 6.56. The van der Waals surface area contributed by atoms with Gasteiger partial charge in [-0.05, 0) is 62.1 Å². The molecule has 1 amide bonds. The number of pyridine rings is 1. The Morgan fingerprint density at radius 2 is 2.00 bits per heavy atom. The highest BCUT2D eigenvalue weighted by atomic mass is 16.5. The number of amides is 1. The average molecular weight is 424 g/mol. The van der Waals surface area contributed by atoms with E-state index in [1.54, 1.807) is 0 Å². The number of hydrogen-bond donors (Lipinski definition) is 2. The second kappa shape index (κ2) is 12.1. The molecule has 0 saturated heterocycles. The van der Waals surface area contributed by atoms with Crippen molar-refractivity contribution in [3.63, 3.8) is 0 Å². The van der Waals surface area contributed by atoms with E-state index in [2.05, 4.69) is 22.8 Å². The lowest BCUT2D eigenvalue weighted by Gasteiger charge is -2.17. The lowest BCUT2D eigenvalue weighted by atomic mass is 9.96. The number of carbonyl (C=O) groups excluding carboxylic acids is 2. The van der Waals surface area contributed by atoms with Crippen molar-refractivity contribution in [1.29, 1.82) is 0 Å². The molecule has 2 heterocycles. The van der Waals surface area contributed by atoms with Gasteiger partial charge >= 0.3 is 5.97 Å². The molecule has 6 nitrogen and oxygen atoms in total. The monoisotopic (exact) mass is 423 g/mol. The van der Waals surface area contributed by atoms with Crippen molar-refractivity contribution in [3.8, 4) is 0 Å². The van der Waals surface area contributed by atoms with E-state index in [9.17, 15) is 9.59 Å². The molecule has 1 aliphatic heterocycles. The Bertz CT molecular complexity index is 854. The SMILES string of the molecule is COC(=O)C(CCNC(=O)CCCCc1ccc2c(n1)NCCC2)Cc1ccccc1. The maximum atomic E-state index is 12.2. The molecule has 3 rings (SSSR count). The molecule has 1 aromatic carbocycles. The van der Waals surface area contributed by atoms with Crippen LogP contribution in [0.3, 0.4) is 0 Å². The fourth-order valence-electron chi connectivity index (χ4n) is 3.94. The first-order valence-corrected chi connectivity index (χ1v) is 11.3. The Kier molecular flexibility index (Phi) is 8.88. The van der Waals surface area contributed by atoms with Gasteiger partial charge < -0.3 is 15.4 Å². The highest BCUT2D eigenvalue weighted by molar-refractivity contribution is 5.76. The van der Waals surface area contributed by atoms with Gasteiger partial charge in [-0.1, -0.05) is 36.4 Å². The average Bonchev–Trinajstić information content (AvgIpc) is 2.81. The van der Waals surface area contributed by atoms with Gasteiger partial charge in [0.15, 0.2) is 0 Å². The Morgan fingerprint density at radius 3 is 2.81 bits per heavy atom.